The summed E-state index contributed by atoms with van der Waals surface area (Å²) in [6, 6.07) is 8.85. The van der Waals surface area contributed by atoms with Gasteiger partial charge in [0.15, 0.2) is 0 Å². The third-order valence-corrected chi connectivity index (χ3v) is 5.79. The summed E-state index contributed by atoms with van der Waals surface area (Å²) in [5, 5.41) is 11.0. The fourth-order valence-electron chi connectivity index (χ4n) is 2.04. The molecule has 12 heteroatoms. The second kappa shape index (κ2) is 7.99. The van der Waals surface area contributed by atoms with Gasteiger partial charge in [0.05, 0.1) is 20.5 Å². The normalized spacial score (nSPS) is 11.0. The van der Waals surface area contributed by atoms with Crippen molar-refractivity contribution in [2.75, 3.05) is 10.8 Å². The summed E-state index contributed by atoms with van der Waals surface area (Å²) >= 11 is 9.32. The summed E-state index contributed by atoms with van der Waals surface area (Å²) in [7, 11) is -4.34. The largest absolute Gasteiger partial charge is 0.293 e. The Morgan fingerprint density at radius 1 is 1.31 bits per heavy atom. The maximum absolute atomic E-state index is 13.0. The molecule has 0 fully saturated rings. The van der Waals surface area contributed by atoms with Crippen LogP contribution in [0, 0.1) is 10.1 Å². The average Bonchev–Trinajstić information content (AvgIpc) is 2.60. The number of non-ortho nitro benzene ring substituents is 1. The van der Waals surface area contributed by atoms with E-state index in [4.69, 9.17) is 17.4 Å². The van der Waals surface area contributed by atoms with Crippen LogP contribution in [0.3, 0.4) is 0 Å². The third kappa shape index (κ3) is 4.30. The van der Waals surface area contributed by atoms with Crippen LogP contribution < -0.4 is 15.6 Å². The van der Waals surface area contributed by atoms with Gasteiger partial charge in [0, 0.05) is 16.6 Å². The predicted molar refractivity (Wildman–Crippen MR) is 99.1 cm³/mol. The second-order valence-electron chi connectivity index (χ2n) is 4.93. The summed E-state index contributed by atoms with van der Waals surface area (Å²) in [5.41, 5.74) is 1.46. The molecule has 0 aliphatic heterocycles. The number of nitro benzene ring substituents is 1. The molecule has 0 heterocycles. The number of sulfonamides is 1. The molecule has 2 aromatic rings. The number of nitrogens with one attached hydrogen (secondary N) is 1. The Balaban J connectivity index is 2.61. The van der Waals surface area contributed by atoms with Gasteiger partial charge in [-0.05, 0) is 24.3 Å². The van der Waals surface area contributed by atoms with Crippen molar-refractivity contribution in [3.05, 3.63) is 62.1 Å². The fraction of sp³-hybridized carbons (Fsp3) is 0.0714. The van der Waals surface area contributed by atoms with Gasteiger partial charge in [-0.15, -0.1) is 0 Å². The van der Waals surface area contributed by atoms with Crippen LogP contribution in [0.1, 0.15) is 0 Å². The van der Waals surface area contributed by atoms with Gasteiger partial charge in [0.1, 0.15) is 6.54 Å². The van der Waals surface area contributed by atoms with Crippen molar-refractivity contribution in [2.45, 2.75) is 4.90 Å². The summed E-state index contributed by atoms with van der Waals surface area (Å²) in [6.45, 7) is -0.664. The molecule has 0 saturated heterocycles. The number of rotatable bonds is 6. The highest BCUT2D eigenvalue weighted by Gasteiger charge is 2.29. The van der Waals surface area contributed by atoms with Gasteiger partial charge in [0.2, 0.25) is 0 Å². The van der Waals surface area contributed by atoms with E-state index in [9.17, 15) is 23.3 Å². The Morgan fingerprint density at radius 3 is 2.58 bits per heavy atom. The lowest BCUT2D eigenvalue weighted by atomic mass is 10.3. The molecule has 1 amide bonds. The summed E-state index contributed by atoms with van der Waals surface area (Å²) in [5.74, 6) is 4.26. The summed E-state index contributed by atoms with van der Waals surface area (Å²) < 4.78 is 27.3. The number of carbonyl (C=O) groups excluding carboxylic acids is 1. The number of benzene rings is 2. The van der Waals surface area contributed by atoms with E-state index >= 15 is 0 Å². The molecule has 0 spiro atoms. The topological polar surface area (TPSA) is 136 Å². The van der Waals surface area contributed by atoms with Gasteiger partial charge in [-0.1, -0.05) is 33.6 Å². The quantitative estimate of drug-likeness (QED) is 0.292. The van der Waals surface area contributed by atoms with Crippen molar-refractivity contribution in [3.63, 3.8) is 0 Å². The van der Waals surface area contributed by atoms with E-state index in [1.807, 2.05) is 5.43 Å². The number of carbonyl (C=O) groups is 1. The molecule has 0 radical (unpaired) electrons. The van der Waals surface area contributed by atoms with Gasteiger partial charge in [-0.2, -0.15) is 0 Å². The standard InChI is InChI=1S/C14H12BrClN4O5S/c15-9-4-5-13(12(16)6-9)19(8-14(21)18-17)26(24,25)11-3-1-2-10(7-11)20(22)23/h1-7H,8,17H2,(H,18,21). The van der Waals surface area contributed by atoms with Crippen LogP contribution in [-0.2, 0) is 14.8 Å². The van der Waals surface area contributed by atoms with Crippen molar-refractivity contribution in [3.8, 4) is 0 Å². The van der Waals surface area contributed by atoms with Gasteiger partial charge < -0.3 is 0 Å². The highest BCUT2D eigenvalue weighted by atomic mass is 79.9. The van der Waals surface area contributed by atoms with Gasteiger partial charge in [0.25, 0.3) is 21.6 Å². The molecule has 0 bridgehead atoms. The Morgan fingerprint density at radius 2 is 2.00 bits per heavy atom. The molecular weight excluding hydrogens is 452 g/mol. The lowest BCUT2D eigenvalue weighted by Crippen LogP contribution is -2.43. The Hall–Kier alpha value is -2.21. The number of nitrogens with two attached hydrogens (primary N) is 1. The number of hydrazine groups is 1. The van der Waals surface area contributed by atoms with Crippen molar-refractivity contribution in [1.82, 2.24) is 5.43 Å². The lowest BCUT2D eigenvalue weighted by molar-refractivity contribution is -0.385. The molecular formula is C14H12BrClN4O5S. The average molecular weight is 464 g/mol. The molecule has 0 aliphatic carbocycles. The smallest absolute Gasteiger partial charge is 0.270 e. The van der Waals surface area contributed by atoms with Crippen LogP contribution in [0.25, 0.3) is 0 Å². The van der Waals surface area contributed by atoms with E-state index < -0.39 is 33.1 Å². The molecule has 138 valence electrons. The SMILES string of the molecule is NNC(=O)CN(c1ccc(Br)cc1Cl)S(=O)(=O)c1cccc([N+](=O)[O-])c1. The monoisotopic (exact) mass is 462 g/mol. The van der Waals surface area contributed by atoms with Crippen molar-refractivity contribution < 1.29 is 18.1 Å². The number of halogens is 2. The molecule has 0 aromatic heterocycles. The minimum absolute atomic E-state index is 0.0185. The fourth-order valence-corrected chi connectivity index (χ4v) is 4.35. The Bertz CT molecular complexity index is 970. The van der Waals surface area contributed by atoms with E-state index in [2.05, 4.69) is 15.9 Å². The van der Waals surface area contributed by atoms with E-state index in [0.29, 0.717) is 4.47 Å². The number of anilines is 1. The second-order valence-corrected chi connectivity index (χ2v) is 8.11. The van der Waals surface area contributed by atoms with Crippen LogP contribution in [-0.4, -0.2) is 25.8 Å². The predicted octanol–water partition coefficient (Wildman–Crippen LogP) is 2.20. The van der Waals surface area contributed by atoms with Crippen molar-refractivity contribution in [1.29, 1.82) is 0 Å². The molecule has 2 rings (SSSR count). The molecule has 3 N–H and O–H groups in total. The maximum Gasteiger partial charge on any atom is 0.270 e. The molecule has 0 aliphatic rings. The minimum atomic E-state index is -4.34. The first-order chi connectivity index (χ1) is 12.2. The zero-order valence-electron chi connectivity index (χ0n) is 12.9. The number of nitro groups is 1. The first-order valence-corrected chi connectivity index (χ1v) is 9.49. The molecule has 26 heavy (non-hydrogen) atoms. The van der Waals surface area contributed by atoms with E-state index in [1.54, 1.807) is 0 Å². The van der Waals surface area contributed by atoms with Gasteiger partial charge >= 0.3 is 0 Å². The van der Waals surface area contributed by atoms with E-state index in [0.717, 1.165) is 16.4 Å². The number of hydrogen-bond acceptors (Lipinski definition) is 6. The van der Waals surface area contributed by atoms with Crippen LogP contribution in [0.2, 0.25) is 5.02 Å². The molecule has 0 atom stereocenters. The number of amides is 1. The first kappa shape index (κ1) is 20.1. The molecule has 2 aromatic carbocycles. The highest BCUT2D eigenvalue weighted by molar-refractivity contribution is 9.10. The number of hydrogen-bond donors (Lipinski definition) is 2. The number of nitrogens with zero attached hydrogens (tertiary/aromatic N) is 2. The van der Waals surface area contributed by atoms with Gasteiger partial charge in [-0.25, -0.2) is 14.3 Å². The Labute approximate surface area is 162 Å². The zero-order chi connectivity index (χ0) is 19.5. The summed E-state index contributed by atoms with van der Waals surface area (Å²) in [4.78, 5) is 21.6. The minimum Gasteiger partial charge on any atom is -0.293 e. The molecule has 9 nitrogen and oxygen atoms in total. The van der Waals surface area contributed by atoms with Crippen LogP contribution in [0.4, 0.5) is 11.4 Å². The van der Waals surface area contributed by atoms with E-state index in [-0.39, 0.29) is 15.6 Å². The maximum atomic E-state index is 13.0. The van der Waals surface area contributed by atoms with Crippen molar-refractivity contribution >= 4 is 54.8 Å². The highest BCUT2D eigenvalue weighted by Crippen LogP contribution is 2.33. The zero-order valence-corrected chi connectivity index (χ0v) is 16.1. The first-order valence-electron chi connectivity index (χ1n) is 6.88. The van der Waals surface area contributed by atoms with Crippen molar-refractivity contribution in [2.24, 2.45) is 5.84 Å². The van der Waals surface area contributed by atoms with Gasteiger partial charge in [-0.3, -0.25) is 24.6 Å². The molecule has 0 saturated carbocycles. The summed E-state index contributed by atoms with van der Waals surface area (Å²) in [6.07, 6.45) is 0. The van der Waals surface area contributed by atoms with Crippen LogP contribution >= 0.6 is 27.5 Å². The Kier molecular flexibility index (Phi) is 6.18. The third-order valence-electron chi connectivity index (χ3n) is 3.24. The molecule has 0 unspecified atom stereocenters. The van der Waals surface area contributed by atoms with Crippen LogP contribution in [0.15, 0.2) is 51.8 Å². The van der Waals surface area contributed by atoms with Crippen LogP contribution in [0.5, 0.6) is 0 Å². The van der Waals surface area contributed by atoms with E-state index in [1.165, 1.54) is 30.3 Å². The lowest BCUT2D eigenvalue weighted by Gasteiger charge is -2.24.